The van der Waals surface area contributed by atoms with Crippen LogP contribution in [0.3, 0.4) is 0 Å². The van der Waals surface area contributed by atoms with Gasteiger partial charge in [-0.3, -0.25) is 0 Å². The minimum Gasteiger partial charge on any atom is -0.493 e. The quantitative estimate of drug-likeness (QED) is 0.772. The van der Waals surface area contributed by atoms with Crippen LogP contribution in [-0.2, 0) is 29.4 Å². The van der Waals surface area contributed by atoms with E-state index in [0.29, 0.717) is 24.7 Å². The molecule has 0 N–H and O–H groups in total. The number of rotatable bonds is 5. The summed E-state index contributed by atoms with van der Waals surface area (Å²) >= 11 is 0. The van der Waals surface area contributed by atoms with Gasteiger partial charge in [-0.1, -0.05) is 6.07 Å². The molecule has 2 aromatic rings. The van der Waals surface area contributed by atoms with Crippen molar-refractivity contribution < 1.29 is 17.9 Å². The van der Waals surface area contributed by atoms with Gasteiger partial charge in [-0.15, -0.1) is 0 Å². The Morgan fingerprint density at radius 2 is 1.82 bits per heavy atom. The topological polar surface area (TPSA) is 55.8 Å². The molecule has 0 amide bonds. The van der Waals surface area contributed by atoms with Crippen molar-refractivity contribution in [2.24, 2.45) is 0 Å². The highest BCUT2D eigenvalue weighted by atomic mass is 32.2. The zero-order chi connectivity index (χ0) is 19.5. The molecule has 5 nitrogen and oxygen atoms in total. The first kappa shape index (κ1) is 18.0. The molecule has 2 aromatic carbocycles. The standard InChI is InChI=1S/C22H25NO4S/c1-14-3-6-18(11-15(14)2)28(24,25)23(17-4-5-17)13-20-19-8-10-26-21(19)12-16-7-9-27-22(16)20/h3,6,11-12,17H,4-5,7-10,13H2,1-2H3. The summed E-state index contributed by atoms with van der Waals surface area (Å²) in [6.45, 7) is 5.61. The fourth-order valence-electron chi connectivity index (χ4n) is 4.19. The van der Waals surface area contributed by atoms with Crippen LogP contribution in [-0.4, -0.2) is 32.0 Å². The van der Waals surface area contributed by atoms with Gasteiger partial charge in [-0.25, -0.2) is 8.42 Å². The summed E-state index contributed by atoms with van der Waals surface area (Å²) in [7, 11) is -3.57. The Bertz CT molecular complexity index is 1020. The second-order valence-corrected chi connectivity index (χ2v) is 9.94. The fraction of sp³-hybridized carbons (Fsp3) is 0.455. The van der Waals surface area contributed by atoms with Gasteiger partial charge >= 0.3 is 0 Å². The van der Waals surface area contributed by atoms with Crippen molar-refractivity contribution in [1.29, 1.82) is 0 Å². The number of ether oxygens (including phenoxy) is 2. The van der Waals surface area contributed by atoms with Crippen LogP contribution in [0, 0.1) is 13.8 Å². The predicted octanol–water partition coefficient (Wildman–Crippen LogP) is 3.53. The number of benzene rings is 2. The first-order valence-electron chi connectivity index (χ1n) is 9.97. The molecule has 0 aromatic heterocycles. The second kappa shape index (κ2) is 6.49. The van der Waals surface area contributed by atoms with E-state index in [2.05, 4.69) is 6.07 Å². The van der Waals surface area contributed by atoms with Crippen LogP contribution in [0.1, 0.15) is 40.7 Å². The lowest BCUT2D eigenvalue weighted by Crippen LogP contribution is -2.33. The maximum Gasteiger partial charge on any atom is 0.243 e. The molecule has 0 unspecified atom stereocenters. The van der Waals surface area contributed by atoms with Crippen molar-refractivity contribution in [2.45, 2.75) is 57.0 Å². The molecule has 2 aliphatic heterocycles. The van der Waals surface area contributed by atoms with E-state index >= 15 is 0 Å². The second-order valence-electron chi connectivity index (χ2n) is 8.04. The minimum atomic E-state index is -3.57. The van der Waals surface area contributed by atoms with Crippen molar-refractivity contribution in [2.75, 3.05) is 13.2 Å². The van der Waals surface area contributed by atoms with Gasteiger partial charge in [0.25, 0.3) is 0 Å². The Morgan fingerprint density at radius 1 is 1.04 bits per heavy atom. The summed E-state index contributed by atoms with van der Waals surface area (Å²) in [6.07, 6.45) is 3.49. The predicted molar refractivity (Wildman–Crippen MR) is 107 cm³/mol. The van der Waals surface area contributed by atoms with Crippen LogP contribution in [0.4, 0.5) is 0 Å². The molecule has 0 bridgehead atoms. The van der Waals surface area contributed by atoms with E-state index in [9.17, 15) is 8.42 Å². The summed E-state index contributed by atoms with van der Waals surface area (Å²) in [5, 5.41) is 0. The summed E-state index contributed by atoms with van der Waals surface area (Å²) in [4.78, 5) is 0.379. The van der Waals surface area contributed by atoms with E-state index in [1.165, 1.54) is 0 Å². The van der Waals surface area contributed by atoms with E-state index in [-0.39, 0.29) is 6.04 Å². The van der Waals surface area contributed by atoms with E-state index < -0.39 is 10.0 Å². The first-order valence-corrected chi connectivity index (χ1v) is 11.4. The Labute approximate surface area is 166 Å². The number of fused-ring (bicyclic) bond motifs is 2. The zero-order valence-electron chi connectivity index (χ0n) is 16.3. The average molecular weight is 400 g/mol. The van der Waals surface area contributed by atoms with E-state index in [1.807, 2.05) is 19.9 Å². The van der Waals surface area contributed by atoms with E-state index in [1.54, 1.807) is 16.4 Å². The van der Waals surface area contributed by atoms with E-state index in [4.69, 9.17) is 9.47 Å². The number of aryl methyl sites for hydroxylation is 2. The SMILES string of the molecule is Cc1ccc(S(=O)(=O)N(Cc2c3c(cc4c2OCC4)OCC3)C2CC2)cc1C. The normalized spacial score (nSPS) is 18.0. The van der Waals surface area contributed by atoms with Crippen LogP contribution in [0.25, 0.3) is 0 Å². The van der Waals surface area contributed by atoms with Crippen molar-refractivity contribution in [3.8, 4) is 11.5 Å². The molecule has 1 aliphatic carbocycles. The third-order valence-corrected chi connectivity index (χ3v) is 8.01. The number of nitrogens with zero attached hydrogens (tertiary/aromatic N) is 1. The molecule has 148 valence electrons. The summed E-state index contributed by atoms with van der Waals surface area (Å²) in [5.41, 5.74) is 5.34. The Balaban J connectivity index is 1.57. The zero-order valence-corrected chi connectivity index (χ0v) is 17.1. The number of hydrogen-bond acceptors (Lipinski definition) is 4. The van der Waals surface area contributed by atoms with Gasteiger partial charge in [0, 0.05) is 42.1 Å². The highest BCUT2D eigenvalue weighted by Crippen LogP contribution is 2.43. The van der Waals surface area contributed by atoms with Gasteiger partial charge in [0.15, 0.2) is 0 Å². The lowest BCUT2D eigenvalue weighted by Gasteiger charge is -2.24. The number of sulfonamides is 1. The third-order valence-electron chi connectivity index (χ3n) is 6.11. The Kier molecular flexibility index (Phi) is 4.18. The molecule has 0 atom stereocenters. The molecule has 28 heavy (non-hydrogen) atoms. The minimum absolute atomic E-state index is 0.0711. The molecule has 1 fully saturated rings. The van der Waals surface area contributed by atoms with Gasteiger partial charge in [0.2, 0.25) is 10.0 Å². The van der Waals surface area contributed by atoms with Crippen LogP contribution in [0.5, 0.6) is 11.5 Å². The third kappa shape index (κ3) is 2.90. The van der Waals surface area contributed by atoms with Crippen molar-refractivity contribution in [3.05, 3.63) is 52.1 Å². The molecule has 3 aliphatic rings. The van der Waals surface area contributed by atoms with Gasteiger partial charge in [0.1, 0.15) is 11.5 Å². The van der Waals surface area contributed by atoms with Crippen molar-refractivity contribution in [1.82, 2.24) is 4.31 Å². The maximum absolute atomic E-state index is 13.5. The molecular weight excluding hydrogens is 374 g/mol. The van der Waals surface area contributed by atoms with Gasteiger partial charge in [-0.05, 0) is 56.0 Å². The molecule has 1 saturated carbocycles. The molecule has 0 spiro atoms. The molecule has 0 radical (unpaired) electrons. The summed E-state index contributed by atoms with van der Waals surface area (Å²) in [5.74, 6) is 1.78. The highest BCUT2D eigenvalue weighted by Gasteiger charge is 2.40. The molecule has 6 heteroatoms. The van der Waals surface area contributed by atoms with Crippen molar-refractivity contribution in [3.63, 3.8) is 0 Å². The summed E-state index contributed by atoms with van der Waals surface area (Å²) < 4.78 is 40.5. The highest BCUT2D eigenvalue weighted by molar-refractivity contribution is 7.89. The monoisotopic (exact) mass is 399 g/mol. The Morgan fingerprint density at radius 3 is 2.57 bits per heavy atom. The van der Waals surface area contributed by atoms with Gasteiger partial charge < -0.3 is 9.47 Å². The average Bonchev–Trinajstić information content (AvgIpc) is 3.19. The van der Waals surface area contributed by atoms with Gasteiger partial charge in [-0.2, -0.15) is 4.31 Å². The Hall–Kier alpha value is -2.05. The van der Waals surface area contributed by atoms with Crippen LogP contribution >= 0.6 is 0 Å². The first-order chi connectivity index (χ1) is 13.4. The largest absolute Gasteiger partial charge is 0.493 e. The molecule has 2 heterocycles. The lowest BCUT2D eigenvalue weighted by molar-refractivity contribution is 0.341. The molecule has 5 rings (SSSR count). The molecular formula is C22H25NO4S. The lowest BCUT2D eigenvalue weighted by atomic mass is 9.99. The summed E-state index contributed by atoms with van der Waals surface area (Å²) in [6, 6.07) is 7.56. The van der Waals surface area contributed by atoms with E-state index in [0.717, 1.165) is 65.0 Å². The van der Waals surface area contributed by atoms with Crippen LogP contribution < -0.4 is 9.47 Å². The maximum atomic E-state index is 13.5. The van der Waals surface area contributed by atoms with Gasteiger partial charge in [0.05, 0.1) is 18.1 Å². The van der Waals surface area contributed by atoms with Crippen LogP contribution in [0.2, 0.25) is 0 Å². The molecule has 0 saturated heterocycles. The fourth-order valence-corrected chi connectivity index (χ4v) is 5.93. The van der Waals surface area contributed by atoms with Crippen molar-refractivity contribution >= 4 is 10.0 Å². The van der Waals surface area contributed by atoms with Crippen LogP contribution in [0.15, 0.2) is 29.2 Å². The smallest absolute Gasteiger partial charge is 0.243 e. The number of hydrogen-bond donors (Lipinski definition) is 0.